The molecule has 2 fully saturated rings. The Balaban J connectivity index is 1.77. The van der Waals surface area contributed by atoms with Crippen molar-refractivity contribution in [1.82, 2.24) is 4.98 Å². The third kappa shape index (κ3) is 2.81. The minimum Gasteiger partial charge on any atom is -0.366 e. The smallest absolute Gasteiger partial charge is 0.248 e. The molecular weight excluding hydrogens is 226 g/mol. The topological polar surface area (TPSA) is 59.2 Å². The van der Waals surface area contributed by atoms with Gasteiger partial charge >= 0.3 is 0 Å². The van der Waals surface area contributed by atoms with Gasteiger partial charge in [0, 0.05) is 24.8 Å². The first-order chi connectivity index (χ1) is 8.72. The molecule has 4 heteroatoms. The highest BCUT2D eigenvalue weighted by atomic mass is 16.1. The Labute approximate surface area is 107 Å². The lowest BCUT2D eigenvalue weighted by atomic mass is 10.2. The number of amides is 1. The second kappa shape index (κ2) is 4.59. The highest BCUT2D eigenvalue weighted by Crippen LogP contribution is 2.35. The zero-order chi connectivity index (χ0) is 12.5. The summed E-state index contributed by atoms with van der Waals surface area (Å²) in [6, 6.07) is 3.51. The van der Waals surface area contributed by atoms with Crippen molar-refractivity contribution in [2.45, 2.75) is 25.7 Å². The molecule has 1 aromatic heterocycles. The Morgan fingerprint density at radius 2 is 1.89 bits per heavy atom. The number of hydrogen-bond donors (Lipinski definition) is 1. The van der Waals surface area contributed by atoms with E-state index in [4.69, 9.17) is 5.73 Å². The monoisotopic (exact) mass is 245 g/mol. The summed E-state index contributed by atoms with van der Waals surface area (Å²) in [7, 11) is 0. The van der Waals surface area contributed by atoms with Gasteiger partial charge in [-0.3, -0.25) is 4.79 Å². The Morgan fingerprint density at radius 1 is 1.28 bits per heavy atom. The van der Waals surface area contributed by atoms with Gasteiger partial charge in [0.05, 0.1) is 0 Å². The number of pyridine rings is 1. The zero-order valence-corrected chi connectivity index (χ0v) is 10.5. The lowest BCUT2D eigenvalue weighted by molar-refractivity contribution is 0.1000. The molecule has 2 aliphatic rings. The molecule has 2 N–H and O–H groups in total. The maximum Gasteiger partial charge on any atom is 0.248 e. The van der Waals surface area contributed by atoms with Crippen molar-refractivity contribution in [1.29, 1.82) is 0 Å². The summed E-state index contributed by atoms with van der Waals surface area (Å²) in [6.07, 6.45) is 7.00. The van der Waals surface area contributed by atoms with Crippen LogP contribution in [0.2, 0.25) is 0 Å². The average molecular weight is 245 g/mol. The van der Waals surface area contributed by atoms with Crippen molar-refractivity contribution < 1.29 is 4.79 Å². The molecule has 0 radical (unpaired) electrons. The van der Waals surface area contributed by atoms with E-state index in [1.165, 1.54) is 25.7 Å². The minimum atomic E-state index is -0.378. The molecule has 96 valence electrons. The largest absolute Gasteiger partial charge is 0.366 e. The third-order valence-electron chi connectivity index (χ3n) is 3.71. The number of rotatable bonds is 6. The van der Waals surface area contributed by atoms with E-state index in [9.17, 15) is 4.79 Å². The molecular formula is C14H19N3O. The average Bonchev–Trinajstić information content (AvgIpc) is 3.23. The van der Waals surface area contributed by atoms with Crippen LogP contribution in [-0.2, 0) is 0 Å². The Bertz CT molecular complexity index is 438. The predicted molar refractivity (Wildman–Crippen MR) is 70.4 cm³/mol. The van der Waals surface area contributed by atoms with Gasteiger partial charge in [-0.25, -0.2) is 4.98 Å². The lowest BCUT2D eigenvalue weighted by Gasteiger charge is -2.23. The van der Waals surface area contributed by atoms with Gasteiger partial charge in [-0.15, -0.1) is 0 Å². The first-order valence-electron chi connectivity index (χ1n) is 6.73. The third-order valence-corrected chi connectivity index (χ3v) is 3.71. The molecule has 18 heavy (non-hydrogen) atoms. The summed E-state index contributed by atoms with van der Waals surface area (Å²) >= 11 is 0. The van der Waals surface area contributed by atoms with Crippen molar-refractivity contribution in [2.75, 3.05) is 18.0 Å². The normalized spacial score (nSPS) is 18.7. The first-order valence-corrected chi connectivity index (χ1v) is 6.73. The molecule has 1 heterocycles. The van der Waals surface area contributed by atoms with Crippen LogP contribution in [0, 0.1) is 11.8 Å². The highest BCUT2D eigenvalue weighted by Gasteiger charge is 2.29. The summed E-state index contributed by atoms with van der Waals surface area (Å²) in [4.78, 5) is 18.0. The SMILES string of the molecule is NC(=O)c1ccnc(N(CC2CC2)CC2CC2)c1. The van der Waals surface area contributed by atoms with Crippen LogP contribution in [0.3, 0.4) is 0 Å². The van der Waals surface area contributed by atoms with Gasteiger partial charge in [-0.05, 0) is 49.7 Å². The van der Waals surface area contributed by atoms with Crippen LogP contribution in [0.5, 0.6) is 0 Å². The molecule has 0 spiro atoms. The Morgan fingerprint density at radius 3 is 2.39 bits per heavy atom. The number of anilines is 1. The fraction of sp³-hybridized carbons (Fsp3) is 0.571. The van der Waals surface area contributed by atoms with E-state index in [1.54, 1.807) is 12.3 Å². The number of carbonyl (C=O) groups excluding carboxylic acids is 1. The standard InChI is InChI=1S/C14H19N3O/c15-14(18)12-5-6-16-13(7-12)17(8-10-1-2-10)9-11-3-4-11/h5-7,10-11H,1-4,8-9H2,(H2,15,18). The Kier molecular flexibility index (Phi) is 2.94. The summed E-state index contributed by atoms with van der Waals surface area (Å²) < 4.78 is 0. The number of primary amides is 1. The van der Waals surface area contributed by atoms with E-state index < -0.39 is 0 Å². The van der Waals surface area contributed by atoms with Gasteiger partial charge < -0.3 is 10.6 Å². The molecule has 0 aromatic carbocycles. The van der Waals surface area contributed by atoms with Crippen LogP contribution in [0.25, 0.3) is 0 Å². The summed E-state index contributed by atoms with van der Waals surface area (Å²) in [5.41, 5.74) is 5.88. The van der Waals surface area contributed by atoms with E-state index in [0.29, 0.717) is 5.56 Å². The Hall–Kier alpha value is -1.58. The van der Waals surface area contributed by atoms with E-state index in [-0.39, 0.29) is 5.91 Å². The fourth-order valence-electron chi connectivity index (χ4n) is 2.23. The van der Waals surface area contributed by atoms with E-state index >= 15 is 0 Å². The quantitative estimate of drug-likeness (QED) is 0.831. The van der Waals surface area contributed by atoms with Gasteiger partial charge in [0.25, 0.3) is 0 Å². The highest BCUT2D eigenvalue weighted by molar-refractivity contribution is 5.93. The molecule has 0 bridgehead atoms. The van der Waals surface area contributed by atoms with Gasteiger partial charge in [-0.1, -0.05) is 0 Å². The minimum absolute atomic E-state index is 0.378. The summed E-state index contributed by atoms with van der Waals surface area (Å²) in [5.74, 6) is 2.17. The molecule has 2 aliphatic carbocycles. The van der Waals surface area contributed by atoms with Crippen LogP contribution in [-0.4, -0.2) is 24.0 Å². The second-order valence-electron chi connectivity index (χ2n) is 5.56. The lowest BCUT2D eigenvalue weighted by Crippen LogP contribution is -2.29. The van der Waals surface area contributed by atoms with E-state index in [0.717, 1.165) is 30.7 Å². The fourth-order valence-corrected chi connectivity index (χ4v) is 2.23. The van der Waals surface area contributed by atoms with Crippen LogP contribution in [0.1, 0.15) is 36.0 Å². The van der Waals surface area contributed by atoms with Crippen LogP contribution in [0.4, 0.5) is 5.82 Å². The molecule has 2 saturated carbocycles. The molecule has 1 amide bonds. The van der Waals surface area contributed by atoms with E-state index in [2.05, 4.69) is 9.88 Å². The summed E-state index contributed by atoms with van der Waals surface area (Å²) in [6.45, 7) is 2.15. The van der Waals surface area contributed by atoms with Crippen molar-refractivity contribution in [3.8, 4) is 0 Å². The molecule has 0 unspecified atom stereocenters. The first kappa shape index (κ1) is 11.5. The molecule has 0 atom stereocenters. The van der Waals surface area contributed by atoms with Crippen LogP contribution >= 0.6 is 0 Å². The van der Waals surface area contributed by atoms with E-state index in [1.807, 2.05) is 6.07 Å². The van der Waals surface area contributed by atoms with Crippen LogP contribution < -0.4 is 10.6 Å². The second-order valence-corrected chi connectivity index (χ2v) is 5.56. The maximum absolute atomic E-state index is 11.2. The number of nitrogens with two attached hydrogens (primary N) is 1. The van der Waals surface area contributed by atoms with Gasteiger partial charge in [-0.2, -0.15) is 0 Å². The van der Waals surface area contributed by atoms with Crippen molar-refractivity contribution in [3.05, 3.63) is 23.9 Å². The maximum atomic E-state index is 11.2. The number of nitrogens with zero attached hydrogens (tertiary/aromatic N) is 2. The molecule has 0 saturated heterocycles. The molecule has 1 aromatic rings. The number of carbonyl (C=O) groups is 1. The van der Waals surface area contributed by atoms with Crippen molar-refractivity contribution in [2.24, 2.45) is 17.6 Å². The van der Waals surface area contributed by atoms with Gasteiger partial charge in [0.2, 0.25) is 5.91 Å². The molecule has 4 nitrogen and oxygen atoms in total. The van der Waals surface area contributed by atoms with Crippen molar-refractivity contribution in [3.63, 3.8) is 0 Å². The van der Waals surface area contributed by atoms with Gasteiger partial charge in [0.15, 0.2) is 0 Å². The van der Waals surface area contributed by atoms with Crippen molar-refractivity contribution >= 4 is 11.7 Å². The van der Waals surface area contributed by atoms with Crippen LogP contribution in [0.15, 0.2) is 18.3 Å². The van der Waals surface area contributed by atoms with Gasteiger partial charge in [0.1, 0.15) is 5.82 Å². The number of aromatic nitrogens is 1. The molecule has 3 rings (SSSR count). The molecule has 0 aliphatic heterocycles. The zero-order valence-electron chi connectivity index (χ0n) is 10.5. The summed E-state index contributed by atoms with van der Waals surface area (Å²) in [5, 5.41) is 0. The number of hydrogen-bond acceptors (Lipinski definition) is 3. The predicted octanol–water partition coefficient (Wildman–Crippen LogP) is 1.81.